The number of carbonyl (C=O) groups excluding carboxylic acids is 1. The minimum atomic E-state index is -0.0501. The zero-order valence-electron chi connectivity index (χ0n) is 11.7. The monoisotopic (exact) mass is 250 g/mol. The summed E-state index contributed by atoms with van der Waals surface area (Å²) >= 11 is 0. The highest BCUT2D eigenvalue weighted by atomic mass is 16.2. The molecule has 0 atom stereocenters. The first-order chi connectivity index (χ1) is 8.39. The maximum absolute atomic E-state index is 12.3. The molecular weight excluding hydrogens is 228 g/mol. The van der Waals surface area contributed by atoms with Crippen LogP contribution in [0.2, 0.25) is 0 Å². The van der Waals surface area contributed by atoms with Gasteiger partial charge in [-0.15, -0.1) is 5.10 Å². The number of hydrogen-bond acceptors (Lipinski definition) is 3. The number of hydrogen-bond donors (Lipinski definition) is 1. The third kappa shape index (κ3) is 2.71. The van der Waals surface area contributed by atoms with Gasteiger partial charge in [-0.05, 0) is 18.3 Å². The fraction of sp³-hybridized carbons (Fsp3) is 0.769. The van der Waals surface area contributed by atoms with Gasteiger partial charge in [-0.25, -0.2) is 4.98 Å². The molecule has 18 heavy (non-hydrogen) atoms. The lowest BCUT2D eigenvalue weighted by atomic mass is 9.84. The molecule has 0 radical (unpaired) electrons. The molecule has 5 nitrogen and oxygen atoms in total. The third-order valence-electron chi connectivity index (χ3n) is 3.43. The first-order valence-corrected chi connectivity index (χ1v) is 6.61. The standard InChI is InChI=1S/C13H22N4O/c1-9(2)10-14-11(16-15-10)12(18)17-7-5-6-13(3,4)8-17/h9H,5-8H2,1-4H3,(H,14,15,16). The van der Waals surface area contributed by atoms with Gasteiger partial charge in [0.05, 0.1) is 0 Å². The van der Waals surface area contributed by atoms with E-state index in [0.717, 1.165) is 25.3 Å². The van der Waals surface area contributed by atoms with Crippen LogP contribution in [0.4, 0.5) is 0 Å². The summed E-state index contributed by atoms with van der Waals surface area (Å²) in [5, 5.41) is 6.87. The first-order valence-electron chi connectivity index (χ1n) is 6.61. The Morgan fingerprint density at radius 3 is 2.72 bits per heavy atom. The van der Waals surface area contributed by atoms with Crippen molar-refractivity contribution in [3.63, 3.8) is 0 Å². The van der Waals surface area contributed by atoms with Gasteiger partial charge in [0.1, 0.15) is 5.82 Å². The van der Waals surface area contributed by atoms with Crippen LogP contribution in [0, 0.1) is 5.41 Å². The first kappa shape index (κ1) is 13.1. The van der Waals surface area contributed by atoms with Crippen molar-refractivity contribution in [3.05, 3.63) is 11.6 Å². The minimum Gasteiger partial charge on any atom is -0.335 e. The molecule has 1 aliphatic heterocycles. The molecule has 2 heterocycles. The second-order valence-electron chi connectivity index (χ2n) is 6.19. The van der Waals surface area contributed by atoms with Gasteiger partial charge in [0.2, 0.25) is 5.82 Å². The number of nitrogens with zero attached hydrogens (tertiary/aromatic N) is 3. The number of aromatic amines is 1. The van der Waals surface area contributed by atoms with E-state index in [2.05, 4.69) is 29.0 Å². The van der Waals surface area contributed by atoms with E-state index >= 15 is 0 Å². The van der Waals surface area contributed by atoms with Gasteiger partial charge in [0.25, 0.3) is 5.91 Å². The van der Waals surface area contributed by atoms with Crippen LogP contribution in [-0.4, -0.2) is 39.1 Å². The van der Waals surface area contributed by atoms with E-state index in [-0.39, 0.29) is 17.2 Å². The smallest absolute Gasteiger partial charge is 0.293 e. The molecule has 0 aromatic carbocycles. The molecule has 1 aromatic rings. The van der Waals surface area contributed by atoms with E-state index in [1.54, 1.807) is 0 Å². The zero-order valence-corrected chi connectivity index (χ0v) is 11.7. The number of amides is 1. The Balaban J connectivity index is 2.10. The Morgan fingerprint density at radius 2 is 2.17 bits per heavy atom. The van der Waals surface area contributed by atoms with Crippen molar-refractivity contribution in [2.24, 2.45) is 5.41 Å². The number of likely N-dealkylation sites (tertiary alicyclic amines) is 1. The predicted octanol–water partition coefficient (Wildman–Crippen LogP) is 2.19. The SMILES string of the molecule is CC(C)c1nc(C(=O)N2CCCC(C)(C)C2)n[nH]1. The molecule has 0 spiro atoms. The van der Waals surface area contributed by atoms with Crippen molar-refractivity contribution in [2.45, 2.75) is 46.5 Å². The van der Waals surface area contributed by atoms with E-state index < -0.39 is 0 Å². The highest BCUT2D eigenvalue weighted by Gasteiger charge is 2.31. The van der Waals surface area contributed by atoms with E-state index in [9.17, 15) is 4.79 Å². The summed E-state index contributed by atoms with van der Waals surface area (Å²) < 4.78 is 0. The Bertz CT molecular complexity index is 436. The zero-order chi connectivity index (χ0) is 13.3. The third-order valence-corrected chi connectivity index (χ3v) is 3.43. The number of nitrogens with one attached hydrogen (secondary N) is 1. The second kappa shape index (κ2) is 4.71. The fourth-order valence-electron chi connectivity index (χ4n) is 2.37. The molecule has 0 bridgehead atoms. The van der Waals surface area contributed by atoms with Crippen LogP contribution in [0.3, 0.4) is 0 Å². The molecule has 1 fully saturated rings. The Morgan fingerprint density at radius 1 is 1.44 bits per heavy atom. The summed E-state index contributed by atoms with van der Waals surface area (Å²) in [6, 6.07) is 0. The van der Waals surface area contributed by atoms with Crippen molar-refractivity contribution < 1.29 is 4.79 Å². The lowest BCUT2D eigenvalue weighted by molar-refractivity contribution is 0.0571. The Hall–Kier alpha value is -1.39. The maximum Gasteiger partial charge on any atom is 0.293 e. The summed E-state index contributed by atoms with van der Waals surface area (Å²) in [5.74, 6) is 1.29. The molecule has 100 valence electrons. The van der Waals surface area contributed by atoms with Crippen molar-refractivity contribution in [1.82, 2.24) is 20.1 Å². The quantitative estimate of drug-likeness (QED) is 0.875. The average Bonchev–Trinajstić information content (AvgIpc) is 2.76. The van der Waals surface area contributed by atoms with Crippen molar-refractivity contribution >= 4 is 5.91 Å². The highest BCUT2D eigenvalue weighted by molar-refractivity contribution is 5.90. The molecule has 1 aromatic heterocycles. The van der Waals surface area contributed by atoms with Gasteiger partial charge in [0, 0.05) is 19.0 Å². The van der Waals surface area contributed by atoms with E-state index in [1.807, 2.05) is 18.7 Å². The molecule has 1 amide bonds. The van der Waals surface area contributed by atoms with E-state index in [1.165, 1.54) is 6.42 Å². The second-order valence-corrected chi connectivity index (χ2v) is 6.19. The fourth-order valence-corrected chi connectivity index (χ4v) is 2.37. The molecule has 1 aliphatic rings. The highest BCUT2D eigenvalue weighted by Crippen LogP contribution is 2.28. The molecule has 1 saturated heterocycles. The maximum atomic E-state index is 12.3. The van der Waals surface area contributed by atoms with Crippen molar-refractivity contribution in [2.75, 3.05) is 13.1 Å². The molecule has 0 unspecified atom stereocenters. The van der Waals surface area contributed by atoms with Crippen LogP contribution >= 0.6 is 0 Å². The largest absolute Gasteiger partial charge is 0.335 e. The molecule has 0 saturated carbocycles. The van der Waals surface area contributed by atoms with Gasteiger partial charge in [-0.2, -0.15) is 0 Å². The molecule has 1 N–H and O–H groups in total. The van der Waals surface area contributed by atoms with Gasteiger partial charge >= 0.3 is 0 Å². The van der Waals surface area contributed by atoms with Crippen molar-refractivity contribution in [1.29, 1.82) is 0 Å². The topological polar surface area (TPSA) is 61.9 Å². The van der Waals surface area contributed by atoms with Crippen LogP contribution in [0.5, 0.6) is 0 Å². The number of H-pyrrole nitrogens is 1. The van der Waals surface area contributed by atoms with Crippen molar-refractivity contribution in [3.8, 4) is 0 Å². The van der Waals surface area contributed by atoms with Gasteiger partial charge in [-0.1, -0.05) is 27.7 Å². The summed E-state index contributed by atoms with van der Waals surface area (Å²) in [5.41, 5.74) is 0.199. The van der Waals surface area contributed by atoms with Crippen LogP contribution in [0.25, 0.3) is 0 Å². The van der Waals surface area contributed by atoms with Gasteiger partial charge in [-0.3, -0.25) is 9.89 Å². The normalized spacial score (nSPS) is 19.3. The summed E-state index contributed by atoms with van der Waals surface area (Å²) in [4.78, 5) is 18.5. The van der Waals surface area contributed by atoms with E-state index in [0.29, 0.717) is 5.82 Å². The number of piperidine rings is 1. The Kier molecular flexibility index (Phi) is 3.41. The molecule has 2 rings (SSSR count). The van der Waals surface area contributed by atoms with Crippen LogP contribution in [-0.2, 0) is 0 Å². The number of rotatable bonds is 2. The minimum absolute atomic E-state index is 0.0501. The lowest BCUT2D eigenvalue weighted by Gasteiger charge is -2.37. The summed E-state index contributed by atoms with van der Waals surface area (Å²) in [6.45, 7) is 10.1. The molecular formula is C13H22N4O. The van der Waals surface area contributed by atoms with Gasteiger partial charge < -0.3 is 4.90 Å². The molecule has 0 aliphatic carbocycles. The molecule has 5 heteroatoms. The summed E-state index contributed by atoms with van der Waals surface area (Å²) in [6.07, 6.45) is 2.22. The predicted molar refractivity (Wildman–Crippen MR) is 69.4 cm³/mol. The average molecular weight is 250 g/mol. The van der Waals surface area contributed by atoms with Crippen LogP contribution in [0.1, 0.15) is 62.9 Å². The van der Waals surface area contributed by atoms with E-state index in [4.69, 9.17) is 0 Å². The Labute approximate surface area is 108 Å². The lowest BCUT2D eigenvalue weighted by Crippen LogP contribution is -2.43. The number of aromatic nitrogens is 3. The van der Waals surface area contributed by atoms with Gasteiger partial charge in [0.15, 0.2) is 0 Å². The summed E-state index contributed by atoms with van der Waals surface area (Å²) in [7, 11) is 0. The number of carbonyl (C=O) groups is 1. The van der Waals surface area contributed by atoms with Crippen LogP contribution in [0.15, 0.2) is 0 Å². The van der Waals surface area contributed by atoms with Crippen LogP contribution < -0.4 is 0 Å².